The highest BCUT2D eigenvalue weighted by molar-refractivity contribution is 5.31. The minimum atomic E-state index is 0.298. The molecule has 112 valence electrons. The van der Waals surface area contributed by atoms with Gasteiger partial charge in [-0.15, -0.1) is 0 Å². The maximum absolute atomic E-state index is 3.60. The second kappa shape index (κ2) is 6.04. The van der Waals surface area contributed by atoms with Gasteiger partial charge in [0.15, 0.2) is 0 Å². The van der Waals surface area contributed by atoms with Crippen molar-refractivity contribution in [2.75, 3.05) is 20.6 Å². The molecule has 2 aromatic rings. The minimum Gasteiger partial charge on any atom is -0.348 e. The van der Waals surface area contributed by atoms with Gasteiger partial charge in [-0.05, 0) is 51.2 Å². The van der Waals surface area contributed by atoms with E-state index in [1.54, 1.807) is 0 Å². The monoisotopic (exact) mass is 283 g/mol. The van der Waals surface area contributed by atoms with Crippen molar-refractivity contribution < 1.29 is 0 Å². The van der Waals surface area contributed by atoms with Crippen molar-refractivity contribution in [3.8, 4) is 0 Å². The maximum Gasteiger partial charge on any atom is 0.0751 e. The van der Waals surface area contributed by atoms with Crippen LogP contribution in [0.5, 0.6) is 0 Å². The normalized spacial score (nSPS) is 20.1. The van der Waals surface area contributed by atoms with Gasteiger partial charge in [-0.1, -0.05) is 30.3 Å². The predicted molar refractivity (Wildman–Crippen MR) is 87.4 cm³/mol. The number of nitrogens with one attached hydrogen (secondary N) is 1. The van der Waals surface area contributed by atoms with E-state index in [9.17, 15) is 0 Å². The summed E-state index contributed by atoms with van der Waals surface area (Å²) in [5, 5.41) is 3.60. The number of rotatable bonds is 4. The van der Waals surface area contributed by atoms with Gasteiger partial charge in [0, 0.05) is 24.5 Å². The molecule has 0 radical (unpaired) electrons. The van der Waals surface area contributed by atoms with Gasteiger partial charge >= 0.3 is 0 Å². The van der Waals surface area contributed by atoms with Crippen LogP contribution in [0.25, 0.3) is 0 Å². The fourth-order valence-corrected chi connectivity index (χ4v) is 3.47. The summed E-state index contributed by atoms with van der Waals surface area (Å²) < 4.78 is 2.38. The van der Waals surface area contributed by atoms with Gasteiger partial charge in [0.2, 0.25) is 0 Å². The molecule has 3 heteroatoms. The lowest BCUT2D eigenvalue weighted by Crippen LogP contribution is -2.24. The van der Waals surface area contributed by atoms with Gasteiger partial charge in [0.25, 0.3) is 0 Å². The molecule has 1 aromatic heterocycles. The summed E-state index contributed by atoms with van der Waals surface area (Å²) in [6.07, 6.45) is 2.52. The van der Waals surface area contributed by atoms with E-state index >= 15 is 0 Å². The van der Waals surface area contributed by atoms with E-state index in [2.05, 4.69) is 78.4 Å². The Labute approximate surface area is 127 Å². The quantitative estimate of drug-likeness (QED) is 0.930. The third kappa shape index (κ3) is 2.76. The molecule has 3 nitrogen and oxygen atoms in total. The molecular weight excluding hydrogens is 258 g/mol. The van der Waals surface area contributed by atoms with Crippen LogP contribution in [0, 0.1) is 0 Å². The molecule has 2 heterocycles. The Morgan fingerprint density at radius 1 is 1.14 bits per heavy atom. The van der Waals surface area contributed by atoms with Gasteiger partial charge in [0.1, 0.15) is 0 Å². The van der Waals surface area contributed by atoms with Gasteiger partial charge in [0.05, 0.1) is 6.04 Å². The Bertz CT molecular complexity index is 580. The molecule has 1 saturated heterocycles. The van der Waals surface area contributed by atoms with Crippen molar-refractivity contribution in [2.24, 2.45) is 7.05 Å². The Hall–Kier alpha value is -1.58. The fourth-order valence-electron chi connectivity index (χ4n) is 3.47. The molecule has 1 N–H and O–H groups in total. The van der Waals surface area contributed by atoms with Crippen LogP contribution in [0.3, 0.4) is 0 Å². The average Bonchev–Trinajstić information content (AvgIpc) is 3.11. The number of hydrogen-bond acceptors (Lipinski definition) is 2. The highest BCUT2D eigenvalue weighted by atomic mass is 15.1. The molecule has 0 saturated carbocycles. The van der Waals surface area contributed by atoms with Crippen molar-refractivity contribution in [3.63, 3.8) is 0 Å². The first-order valence-electron chi connectivity index (χ1n) is 7.78. The Morgan fingerprint density at radius 2 is 1.90 bits per heavy atom. The van der Waals surface area contributed by atoms with Gasteiger partial charge in [-0.2, -0.15) is 0 Å². The topological polar surface area (TPSA) is 20.2 Å². The van der Waals surface area contributed by atoms with Gasteiger partial charge in [-0.3, -0.25) is 4.90 Å². The predicted octanol–water partition coefficient (Wildman–Crippen LogP) is 3.10. The van der Waals surface area contributed by atoms with E-state index in [-0.39, 0.29) is 0 Å². The summed E-state index contributed by atoms with van der Waals surface area (Å²) in [6, 6.07) is 16.1. The van der Waals surface area contributed by atoms with Crippen molar-refractivity contribution in [1.29, 1.82) is 0 Å². The van der Waals surface area contributed by atoms with E-state index in [1.165, 1.54) is 29.8 Å². The summed E-state index contributed by atoms with van der Waals surface area (Å²) >= 11 is 0. The molecule has 1 aliphatic rings. The third-order valence-corrected chi connectivity index (χ3v) is 4.53. The summed E-state index contributed by atoms with van der Waals surface area (Å²) in [6.45, 7) is 1.14. The molecule has 1 fully saturated rings. The Kier molecular flexibility index (Phi) is 4.13. The molecule has 1 aliphatic heterocycles. The first-order valence-corrected chi connectivity index (χ1v) is 7.78. The van der Waals surface area contributed by atoms with Crippen LogP contribution < -0.4 is 5.32 Å². The first kappa shape index (κ1) is 14.4. The largest absolute Gasteiger partial charge is 0.348 e. The van der Waals surface area contributed by atoms with E-state index < -0.39 is 0 Å². The van der Waals surface area contributed by atoms with E-state index in [0.717, 1.165) is 6.54 Å². The Morgan fingerprint density at radius 3 is 2.52 bits per heavy atom. The molecule has 1 aromatic carbocycles. The number of benzene rings is 1. The van der Waals surface area contributed by atoms with Crippen LogP contribution >= 0.6 is 0 Å². The molecule has 0 spiro atoms. The fraction of sp³-hybridized carbons (Fsp3) is 0.444. The summed E-state index contributed by atoms with van der Waals surface area (Å²) in [5.74, 6) is 0. The van der Waals surface area contributed by atoms with Crippen LogP contribution in [0.15, 0.2) is 42.5 Å². The van der Waals surface area contributed by atoms with Crippen LogP contribution in [0.4, 0.5) is 0 Å². The second-order valence-corrected chi connectivity index (χ2v) is 6.17. The zero-order valence-electron chi connectivity index (χ0n) is 13.2. The summed E-state index contributed by atoms with van der Waals surface area (Å²) in [4.78, 5) is 2.29. The summed E-state index contributed by atoms with van der Waals surface area (Å²) in [7, 11) is 6.50. The molecule has 3 rings (SSSR count). The van der Waals surface area contributed by atoms with Crippen LogP contribution in [-0.2, 0) is 7.05 Å². The smallest absolute Gasteiger partial charge is 0.0751 e. The molecule has 0 bridgehead atoms. The second-order valence-electron chi connectivity index (χ2n) is 6.17. The number of hydrogen-bond donors (Lipinski definition) is 1. The highest BCUT2D eigenvalue weighted by Gasteiger charge is 2.24. The lowest BCUT2D eigenvalue weighted by Gasteiger charge is -2.26. The number of aromatic nitrogens is 1. The summed E-state index contributed by atoms with van der Waals surface area (Å²) in [5.41, 5.74) is 4.11. The molecule has 2 atom stereocenters. The SMILES string of the molecule is CN(C)C(c1ccccc1)c1ccc(C2CCCN2)n1C. The molecule has 0 amide bonds. The van der Waals surface area contributed by atoms with Crippen molar-refractivity contribution in [1.82, 2.24) is 14.8 Å². The first-order chi connectivity index (χ1) is 10.2. The van der Waals surface area contributed by atoms with Crippen LogP contribution in [0.2, 0.25) is 0 Å². The minimum absolute atomic E-state index is 0.298. The third-order valence-electron chi connectivity index (χ3n) is 4.53. The molecule has 2 unspecified atom stereocenters. The standard InChI is InChI=1S/C18H25N3/c1-20(2)18(14-8-5-4-6-9-14)17-12-11-16(21(17)3)15-10-7-13-19-15/h4-6,8-9,11-12,15,18-19H,7,10,13H2,1-3H3. The molecule has 0 aliphatic carbocycles. The van der Waals surface area contributed by atoms with E-state index in [0.29, 0.717) is 12.1 Å². The molecule has 21 heavy (non-hydrogen) atoms. The van der Waals surface area contributed by atoms with Crippen LogP contribution in [-0.4, -0.2) is 30.1 Å². The molecular formula is C18H25N3. The van der Waals surface area contributed by atoms with Crippen LogP contribution in [0.1, 0.15) is 41.9 Å². The van der Waals surface area contributed by atoms with E-state index in [1.807, 2.05) is 0 Å². The number of nitrogens with zero attached hydrogens (tertiary/aromatic N) is 2. The maximum atomic E-state index is 3.60. The Balaban J connectivity index is 1.97. The van der Waals surface area contributed by atoms with Gasteiger partial charge < -0.3 is 9.88 Å². The zero-order chi connectivity index (χ0) is 14.8. The lowest BCUT2D eigenvalue weighted by molar-refractivity contribution is 0.329. The van der Waals surface area contributed by atoms with Crippen molar-refractivity contribution >= 4 is 0 Å². The lowest BCUT2D eigenvalue weighted by atomic mass is 10.0. The van der Waals surface area contributed by atoms with Crippen molar-refractivity contribution in [3.05, 3.63) is 59.4 Å². The average molecular weight is 283 g/mol. The highest BCUT2D eigenvalue weighted by Crippen LogP contribution is 2.31. The van der Waals surface area contributed by atoms with Gasteiger partial charge in [-0.25, -0.2) is 0 Å². The zero-order valence-corrected chi connectivity index (χ0v) is 13.2. The van der Waals surface area contributed by atoms with E-state index in [4.69, 9.17) is 0 Å². The van der Waals surface area contributed by atoms with Crippen molar-refractivity contribution in [2.45, 2.75) is 24.9 Å².